The molecule has 0 fully saturated rings. The van der Waals surface area contributed by atoms with Crippen LogP contribution in [0.25, 0.3) is 11.4 Å². The average molecular weight is 358 g/mol. The number of halogens is 1. The summed E-state index contributed by atoms with van der Waals surface area (Å²) in [6.45, 7) is 0.321. The second-order valence-corrected chi connectivity index (χ2v) is 5.94. The molecule has 0 atom stereocenters. The van der Waals surface area contributed by atoms with Crippen molar-refractivity contribution in [1.82, 2.24) is 20.0 Å². The molecule has 0 saturated heterocycles. The van der Waals surface area contributed by atoms with Crippen LogP contribution in [-0.4, -0.2) is 40.0 Å². The van der Waals surface area contributed by atoms with E-state index in [1.807, 2.05) is 12.1 Å². The molecule has 0 bridgehead atoms. The Balaban J connectivity index is 1.63. The first-order valence-corrected chi connectivity index (χ1v) is 7.91. The molecule has 128 valence electrons. The predicted octanol–water partition coefficient (Wildman–Crippen LogP) is 3.10. The summed E-state index contributed by atoms with van der Waals surface area (Å²) in [5.74, 6) is 1.41. The summed E-state index contributed by atoms with van der Waals surface area (Å²) >= 11 is 5.96. The van der Waals surface area contributed by atoms with Crippen LogP contribution in [0.3, 0.4) is 0 Å². The van der Waals surface area contributed by atoms with Crippen LogP contribution in [0.2, 0.25) is 5.02 Å². The number of nitrogens with one attached hydrogen (secondary N) is 1. The van der Waals surface area contributed by atoms with E-state index in [1.54, 1.807) is 38.4 Å². The number of anilines is 1. The van der Waals surface area contributed by atoms with Gasteiger partial charge in [-0.05, 0) is 24.3 Å². The van der Waals surface area contributed by atoms with Crippen molar-refractivity contribution >= 4 is 23.3 Å². The van der Waals surface area contributed by atoms with Gasteiger partial charge in [0.25, 0.3) is 5.91 Å². The van der Waals surface area contributed by atoms with E-state index in [-0.39, 0.29) is 5.91 Å². The topological polar surface area (TPSA) is 84.2 Å². The minimum atomic E-state index is -0.0953. The standard InChI is InChI=1S/C17H16ClN5O2/c1-23(2)17(24)12-6-7-14(19-9-12)20-10-15-21-16(22-25-15)11-4-3-5-13(18)8-11/h3-9H,10H2,1-2H3,(H,19,20). The zero-order chi connectivity index (χ0) is 17.8. The van der Waals surface area contributed by atoms with Crippen LogP contribution in [0.1, 0.15) is 16.2 Å². The molecule has 2 heterocycles. The zero-order valence-electron chi connectivity index (χ0n) is 13.7. The highest BCUT2D eigenvalue weighted by Crippen LogP contribution is 2.20. The highest BCUT2D eigenvalue weighted by atomic mass is 35.5. The number of aromatic nitrogens is 3. The molecule has 0 radical (unpaired) electrons. The van der Waals surface area contributed by atoms with Gasteiger partial charge in [-0.25, -0.2) is 4.98 Å². The maximum Gasteiger partial charge on any atom is 0.254 e. The van der Waals surface area contributed by atoms with Crippen LogP contribution >= 0.6 is 11.6 Å². The Kier molecular flexibility index (Phi) is 4.95. The second-order valence-electron chi connectivity index (χ2n) is 5.51. The van der Waals surface area contributed by atoms with Crippen LogP contribution < -0.4 is 5.32 Å². The van der Waals surface area contributed by atoms with Crippen molar-refractivity contribution in [2.45, 2.75) is 6.54 Å². The zero-order valence-corrected chi connectivity index (χ0v) is 14.5. The third-order valence-electron chi connectivity index (χ3n) is 3.39. The van der Waals surface area contributed by atoms with Crippen LogP contribution in [0, 0.1) is 0 Å². The van der Waals surface area contributed by atoms with Crippen molar-refractivity contribution in [2.24, 2.45) is 0 Å². The summed E-state index contributed by atoms with van der Waals surface area (Å²) in [6, 6.07) is 10.7. The summed E-state index contributed by atoms with van der Waals surface area (Å²) in [6.07, 6.45) is 1.52. The third kappa shape index (κ3) is 4.13. The smallest absolute Gasteiger partial charge is 0.254 e. The Hall–Kier alpha value is -2.93. The molecule has 8 heteroatoms. The van der Waals surface area contributed by atoms with E-state index in [0.717, 1.165) is 5.56 Å². The van der Waals surface area contributed by atoms with Gasteiger partial charge in [0.2, 0.25) is 11.7 Å². The monoisotopic (exact) mass is 357 g/mol. The van der Waals surface area contributed by atoms with Crippen molar-refractivity contribution in [3.63, 3.8) is 0 Å². The van der Waals surface area contributed by atoms with E-state index in [1.165, 1.54) is 11.1 Å². The lowest BCUT2D eigenvalue weighted by Crippen LogP contribution is -2.21. The maximum absolute atomic E-state index is 11.8. The van der Waals surface area contributed by atoms with Gasteiger partial charge in [-0.2, -0.15) is 4.98 Å². The first-order valence-electron chi connectivity index (χ1n) is 7.53. The van der Waals surface area contributed by atoms with Crippen molar-refractivity contribution in [3.8, 4) is 11.4 Å². The van der Waals surface area contributed by atoms with Gasteiger partial charge in [0.1, 0.15) is 5.82 Å². The first kappa shape index (κ1) is 16.9. The quantitative estimate of drug-likeness (QED) is 0.755. The third-order valence-corrected chi connectivity index (χ3v) is 3.62. The van der Waals surface area contributed by atoms with Crippen molar-refractivity contribution < 1.29 is 9.32 Å². The van der Waals surface area contributed by atoms with Gasteiger partial charge in [0.05, 0.1) is 12.1 Å². The molecule has 25 heavy (non-hydrogen) atoms. The largest absolute Gasteiger partial charge is 0.361 e. The normalized spacial score (nSPS) is 10.5. The molecule has 1 amide bonds. The van der Waals surface area contributed by atoms with Crippen LogP contribution in [0.15, 0.2) is 47.1 Å². The molecular formula is C17H16ClN5O2. The fourth-order valence-corrected chi connectivity index (χ4v) is 2.31. The number of nitrogens with zero attached hydrogens (tertiary/aromatic N) is 4. The number of pyridine rings is 1. The second kappa shape index (κ2) is 7.31. The van der Waals surface area contributed by atoms with Crippen molar-refractivity contribution in [1.29, 1.82) is 0 Å². The number of hydrogen-bond donors (Lipinski definition) is 1. The highest BCUT2D eigenvalue weighted by Gasteiger charge is 2.10. The summed E-state index contributed by atoms with van der Waals surface area (Å²) in [5.41, 5.74) is 1.31. The highest BCUT2D eigenvalue weighted by molar-refractivity contribution is 6.30. The van der Waals surface area contributed by atoms with Crippen LogP contribution in [-0.2, 0) is 6.54 Å². The molecule has 2 aromatic heterocycles. The molecule has 1 aromatic carbocycles. The summed E-state index contributed by atoms with van der Waals surface area (Å²) in [4.78, 5) is 21.8. The van der Waals surface area contributed by atoms with Crippen LogP contribution in [0.5, 0.6) is 0 Å². The van der Waals surface area contributed by atoms with E-state index in [0.29, 0.717) is 34.7 Å². The molecule has 0 aliphatic carbocycles. The Morgan fingerprint density at radius 1 is 1.28 bits per heavy atom. The summed E-state index contributed by atoms with van der Waals surface area (Å²) < 4.78 is 5.22. The first-order chi connectivity index (χ1) is 12.0. The minimum Gasteiger partial charge on any atom is -0.361 e. The fourth-order valence-electron chi connectivity index (χ4n) is 2.12. The molecule has 0 aliphatic rings. The molecule has 1 N–H and O–H groups in total. The van der Waals surface area contributed by atoms with Gasteiger partial charge in [0, 0.05) is 30.9 Å². The van der Waals surface area contributed by atoms with E-state index in [2.05, 4.69) is 20.4 Å². The van der Waals surface area contributed by atoms with E-state index < -0.39 is 0 Å². The lowest BCUT2D eigenvalue weighted by Gasteiger charge is -2.10. The number of amides is 1. The van der Waals surface area contributed by atoms with Gasteiger partial charge in [-0.15, -0.1) is 0 Å². The SMILES string of the molecule is CN(C)C(=O)c1ccc(NCc2nc(-c3cccc(Cl)c3)no2)nc1. The summed E-state index contributed by atoms with van der Waals surface area (Å²) in [7, 11) is 3.39. The predicted molar refractivity (Wildman–Crippen MR) is 94.3 cm³/mol. The number of carbonyl (C=O) groups excluding carboxylic acids is 1. The number of rotatable bonds is 5. The van der Waals surface area contributed by atoms with Crippen molar-refractivity contribution in [3.05, 3.63) is 59.1 Å². The van der Waals surface area contributed by atoms with Crippen molar-refractivity contribution in [2.75, 3.05) is 19.4 Å². The van der Waals surface area contributed by atoms with E-state index in [4.69, 9.17) is 16.1 Å². The van der Waals surface area contributed by atoms with E-state index >= 15 is 0 Å². The molecule has 0 aliphatic heterocycles. The molecule has 3 rings (SSSR count). The molecule has 7 nitrogen and oxygen atoms in total. The van der Waals surface area contributed by atoms with Gasteiger partial charge in [-0.1, -0.05) is 28.9 Å². The number of benzene rings is 1. The van der Waals surface area contributed by atoms with Gasteiger partial charge in [-0.3, -0.25) is 4.79 Å². The number of carbonyl (C=O) groups is 1. The number of hydrogen-bond acceptors (Lipinski definition) is 6. The Morgan fingerprint density at radius 2 is 2.12 bits per heavy atom. The van der Waals surface area contributed by atoms with Gasteiger partial charge in [0.15, 0.2) is 0 Å². The maximum atomic E-state index is 11.8. The molecule has 3 aromatic rings. The lowest BCUT2D eigenvalue weighted by atomic mass is 10.2. The molecule has 0 saturated carbocycles. The Morgan fingerprint density at radius 3 is 2.80 bits per heavy atom. The molecule has 0 spiro atoms. The van der Waals surface area contributed by atoms with Crippen LogP contribution in [0.4, 0.5) is 5.82 Å². The van der Waals surface area contributed by atoms with Gasteiger partial charge < -0.3 is 14.7 Å². The van der Waals surface area contributed by atoms with Gasteiger partial charge >= 0.3 is 0 Å². The molecule has 0 unspecified atom stereocenters. The minimum absolute atomic E-state index is 0.0953. The Labute approximate surface area is 149 Å². The fraction of sp³-hybridized carbons (Fsp3) is 0.176. The summed E-state index contributed by atoms with van der Waals surface area (Å²) in [5, 5.41) is 7.63. The van der Waals surface area contributed by atoms with E-state index in [9.17, 15) is 4.79 Å². The molecular weight excluding hydrogens is 342 g/mol. The average Bonchev–Trinajstić information content (AvgIpc) is 3.09. The Bertz CT molecular complexity index is 877. The lowest BCUT2D eigenvalue weighted by molar-refractivity contribution is 0.0827.